The molecule has 0 radical (unpaired) electrons. The van der Waals surface area contributed by atoms with Crippen molar-refractivity contribution in [3.8, 4) is 5.75 Å². The highest BCUT2D eigenvalue weighted by Crippen LogP contribution is 2.19. The topological polar surface area (TPSA) is 167 Å². The molecule has 0 spiro atoms. The summed E-state index contributed by atoms with van der Waals surface area (Å²) in [6.45, 7) is 13.5. The Morgan fingerprint density at radius 1 is 0.978 bits per heavy atom. The van der Waals surface area contributed by atoms with Crippen LogP contribution in [0.4, 0.5) is 0 Å². The van der Waals surface area contributed by atoms with E-state index in [0.29, 0.717) is 32.6 Å². The fourth-order valence-electron chi connectivity index (χ4n) is 5.21. The smallest absolute Gasteiger partial charge is 0.255 e. The monoisotopic (exact) mass is 630 g/mol. The first-order valence-electron chi connectivity index (χ1n) is 15.9. The van der Waals surface area contributed by atoms with Crippen molar-refractivity contribution in [3.63, 3.8) is 0 Å². The molecule has 1 fully saturated rings. The van der Waals surface area contributed by atoms with Crippen molar-refractivity contribution < 1.29 is 33.4 Å². The maximum absolute atomic E-state index is 13.5. The molecule has 1 aromatic carbocycles. The van der Waals surface area contributed by atoms with E-state index >= 15 is 0 Å². The van der Waals surface area contributed by atoms with Gasteiger partial charge in [0, 0.05) is 19.6 Å². The fraction of sp³-hybridized carbons (Fsp3) is 0.656. The standard InChI is InChI=1S/C32H50N6O7/c1-20(2)17-24-31(42)37-28(21(3)4)32(43)34-22(5)19-45-26-10-7-6-9-23(26)29(40)36-25(18-27(39)35-24)30(41)33-11-8-12-38-13-15-44-16-14-38/h6-7,9-10,20-22,24-25,28H,8,11-19H2,1-5H3,(H,33,41)(H,34,43)(H,35,39)(H,36,40)(H,37,42)/t22-,24-,25-,28+/m0/s1. The number of carbonyl (C=O) groups is 5. The van der Waals surface area contributed by atoms with Crippen molar-refractivity contribution in [2.45, 2.75) is 78.0 Å². The lowest BCUT2D eigenvalue weighted by Gasteiger charge is -2.27. The van der Waals surface area contributed by atoms with Crippen LogP contribution in [0.1, 0.15) is 64.2 Å². The van der Waals surface area contributed by atoms with E-state index < -0.39 is 54.2 Å². The predicted molar refractivity (Wildman–Crippen MR) is 168 cm³/mol. The number of benzene rings is 1. The summed E-state index contributed by atoms with van der Waals surface area (Å²) in [5.41, 5.74) is 0.181. The van der Waals surface area contributed by atoms with Crippen LogP contribution in [0.2, 0.25) is 0 Å². The molecule has 13 heteroatoms. The average Bonchev–Trinajstić information content (AvgIpc) is 2.99. The maximum Gasteiger partial charge on any atom is 0.255 e. The second-order valence-corrected chi connectivity index (χ2v) is 12.5. The van der Waals surface area contributed by atoms with Crippen molar-refractivity contribution in [1.82, 2.24) is 31.5 Å². The Bertz CT molecular complexity index is 1170. The van der Waals surface area contributed by atoms with Gasteiger partial charge in [0.05, 0.1) is 31.2 Å². The molecular weight excluding hydrogens is 580 g/mol. The van der Waals surface area contributed by atoms with Crippen LogP contribution in [-0.2, 0) is 23.9 Å². The van der Waals surface area contributed by atoms with E-state index in [1.165, 1.54) is 0 Å². The molecule has 0 saturated carbocycles. The van der Waals surface area contributed by atoms with E-state index in [9.17, 15) is 24.0 Å². The summed E-state index contributed by atoms with van der Waals surface area (Å²) in [5, 5.41) is 14.0. The number of rotatable bonds is 8. The third-order valence-corrected chi connectivity index (χ3v) is 7.68. The number of fused-ring (bicyclic) bond motifs is 1. The lowest BCUT2D eigenvalue weighted by Crippen LogP contribution is -2.57. The van der Waals surface area contributed by atoms with Gasteiger partial charge < -0.3 is 36.1 Å². The van der Waals surface area contributed by atoms with E-state index in [4.69, 9.17) is 9.47 Å². The van der Waals surface area contributed by atoms with Crippen molar-refractivity contribution in [2.24, 2.45) is 11.8 Å². The Kier molecular flexibility index (Phi) is 14.1. The molecule has 2 aliphatic rings. The Balaban J connectivity index is 1.84. The van der Waals surface area contributed by atoms with Gasteiger partial charge in [-0.05, 0) is 50.3 Å². The quantitative estimate of drug-likeness (QED) is 0.260. The molecule has 0 bridgehead atoms. The Hall–Kier alpha value is -3.71. The van der Waals surface area contributed by atoms with Crippen LogP contribution < -0.4 is 31.3 Å². The molecule has 0 unspecified atom stereocenters. The minimum Gasteiger partial charge on any atom is -0.491 e. The number of hydrogen-bond acceptors (Lipinski definition) is 8. The largest absolute Gasteiger partial charge is 0.491 e. The second kappa shape index (κ2) is 17.7. The molecule has 4 atom stereocenters. The van der Waals surface area contributed by atoms with Crippen molar-refractivity contribution in [3.05, 3.63) is 29.8 Å². The van der Waals surface area contributed by atoms with Crippen LogP contribution >= 0.6 is 0 Å². The van der Waals surface area contributed by atoms with Gasteiger partial charge in [0.2, 0.25) is 23.6 Å². The first kappa shape index (κ1) is 35.8. The van der Waals surface area contributed by atoms with Crippen molar-refractivity contribution >= 4 is 29.5 Å². The average molecular weight is 631 g/mol. The predicted octanol–water partition coefficient (Wildman–Crippen LogP) is 0.582. The van der Waals surface area contributed by atoms with E-state index in [1.807, 2.05) is 27.7 Å². The third kappa shape index (κ3) is 11.6. The highest BCUT2D eigenvalue weighted by molar-refractivity contribution is 6.01. The zero-order chi connectivity index (χ0) is 32.9. The summed E-state index contributed by atoms with van der Waals surface area (Å²) in [5.74, 6) is -2.50. The zero-order valence-electron chi connectivity index (χ0n) is 27.1. The molecule has 3 rings (SSSR count). The molecule has 45 heavy (non-hydrogen) atoms. The van der Waals surface area contributed by atoms with Gasteiger partial charge in [-0.25, -0.2) is 0 Å². The number of nitrogens with zero attached hydrogens (tertiary/aromatic N) is 1. The first-order chi connectivity index (χ1) is 21.4. The van der Waals surface area contributed by atoms with Crippen LogP contribution in [0.3, 0.4) is 0 Å². The normalized spacial score (nSPS) is 24.4. The summed E-state index contributed by atoms with van der Waals surface area (Å²) in [6.07, 6.45) is 0.608. The second-order valence-electron chi connectivity index (χ2n) is 12.5. The first-order valence-corrected chi connectivity index (χ1v) is 15.9. The van der Waals surface area contributed by atoms with Gasteiger partial charge in [-0.3, -0.25) is 28.9 Å². The Labute approximate surface area is 265 Å². The van der Waals surface area contributed by atoms with Gasteiger partial charge in [0.15, 0.2) is 0 Å². The molecule has 5 amide bonds. The molecule has 5 N–H and O–H groups in total. The molecular formula is C32H50N6O7. The number of nitrogens with one attached hydrogen (secondary N) is 5. The van der Waals surface area contributed by atoms with Gasteiger partial charge in [-0.15, -0.1) is 0 Å². The summed E-state index contributed by atoms with van der Waals surface area (Å²) in [4.78, 5) is 69.0. The molecule has 1 saturated heterocycles. The summed E-state index contributed by atoms with van der Waals surface area (Å²) < 4.78 is 11.3. The lowest BCUT2D eigenvalue weighted by molar-refractivity contribution is -0.134. The number of hydrogen-bond donors (Lipinski definition) is 5. The van der Waals surface area contributed by atoms with E-state index in [2.05, 4.69) is 31.5 Å². The van der Waals surface area contributed by atoms with E-state index in [0.717, 1.165) is 19.6 Å². The molecule has 2 aliphatic heterocycles. The molecule has 0 aromatic heterocycles. The maximum atomic E-state index is 13.5. The van der Waals surface area contributed by atoms with Crippen LogP contribution in [0.25, 0.3) is 0 Å². The van der Waals surface area contributed by atoms with Crippen LogP contribution in [0, 0.1) is 11.8 Å². The number of morpholine rings is 1. The molecule has 250 valence electrons. The fourth-order valence-corrected chi connectivity index (χ4v) is 5.21. The number of ether oxygens (including phenoxy) is 2. The SMILES string of the molecule is CC(C)C[C@@H]1NC(=O)C[C@@H](C(=O)NCCCN2CCOCC2)NC(=O)c2ccccc2OC[C@H](C)NC(=O)[C@@H](C(C)C)NC1=O. The summed E-state index contributed by atoms with van der Waals surface area (Å²) in [7, 11) is 0. The van der Waals surface area contributed by atoms with Gasteiger partial charge >= 0.3 is 0 Å². The van der Waals surface area contributed by atoms with Crippen LogP contribution in [-0.4, -0.2) is 105 Å². The summed E-state index contributed by atoms with van der Waals surface area (Å²) in [6, 6.07) is 3.11. The molecule has 0 aliphatic carbocycles. The number of para-hydroxylation sites is 1. The minimum absolute atomic E-state index is 0.0421. The molecule has 1 aromatic rings. The molecule has 2 heterocycles. The van der Waals surface area contributed by atoms with Crippen molar-refractivity contribution in [2.75, 3.05) is 46.0 Å². The summed E-state index contributed by atoms with van der Waals surface area (Å²) >= 11 is 0. The highest BCUT2D eigenvalue weighted by atomic mass is 16.5. The van der Waals surface area contributed by atoms with Gasteiger partial charge in [-0.2, -0.15) is 0 Å². The van der Waals surface area contributed by atoms with Gasteiger partial charge in [-0.1, -0.05) is 39.8 Å². The van der Waals surface area contributed by atoms with Crippen LogP contribution in [0.5, 0.6) is 5.75 Å². The highest BCUT2D eigenvalue weighted by Gasteiger charge is 2.32. The van der Waals surface area contributed by atoms with Gasteiger partial charge in [0.25, 0.3) is 5.91 Å². The van der Waals surface area contributed by atoms with E-state index in [1.54, 1.807) is 31.2 Å². The van der Waals surface area contributed by atoms with Crippen LogP contribution in [0.15, 0.2) is 24.3 Å². The van der Waals surface area contributed by atoms with E-state index in [-0.39, 0.29) is 35.7 Å². The minimum atomic E-state index is -1.21. The van der Waals surface area contributed by atoms with Gasteiger partial charge in [0.1, 0.15) is 30.5 Å². The zero-order valence-corrected chi connectivity index (χ0v) is 27.1. The Morgan fingerprint density at radius 3 is 2.38 bits per heavy atom. The third-order valence-electron chi connectivity index (χ3n) is 7.68. The molecule has 13 nitrogen and oxygen atoms in total. The Morgan fingerprint density at radius 2 is 1.69 bits per heavy atom. The number of carbonyl (C=O) groups excluding carboxylic acids is 5. The number of amides is 5. The lowest BCUT2D eigenvalue weighted by atomic mass is 9.99. The van der Waals surface area contributed by atoms with Crippen molar-refractivity contribution in [1.29, 1.82) is 0 Å².